The third-order valence-corrected chi connectivity index (χ3v) is 5.76. The summed E-state index contributed by atoms with van der Waals surface area (Å²) < 4.78 is 10.8. The van der Waals surface area contributed by atoms with Crippen LogP contribution < -0.4 is 19.7 Å². The number of methoxy groups -OCH3 is 2. The molecule has 5 nitrogen and oxygen atoms in total. The molecule has 1 aromatic rings. The van der Waals surface area contributed by atoms with Gasteiger partial charge in [0, 0.05) is 18.0 Å². The van der Waals surface area contributed by atoms with Crippen LogP contribution in [0.2, 0.25) is 0 Å². The molecule has 5 heteroatoms. The second-order valence-corrected chi connectivity index (χ2v) is 7.52. The van der Waals surface area contributed by atoms with E-state index in [2.05, 4.69) is 24.4 Å². The van der Waals surface area contributed by atoms with Gasteiger partial charge in [0.2, 0.25) is 0 Å². The average molecular weight is 347 g/mol. The van der Waals surface area contributed by atoms with Crippen LogP contribution in [0.3, 0.4) is 0 Å². The summed E-state index contributed by atoms with van der Waals surface area (Å²) in [7, 11) is 3.33. The van der Waals surface area contributed by atoms with Crippen LogP contribution in [0.4, 0.5) is 0 Å². The van der Waals surface area contributed by atoms with Gasteiger partial charge in [-0.15, -0.1) is 0 Å². The standard InChI is InChI=1S/C20H30N2O3/c1-14-6-4-5-7-17(14)21-20(23)13-22-9-8-15-10-18(24-2)19(25-3)11-16(15)12-22/h10-11,14,17H,4-9,12-13H2,1-3H3,(H,21,23)/p+1/t14-,17+/m0/s1. The van der Waals surface area contributed by atoms with Gasteiger partial charge >= 0.3 is 0 Å². The number of fused-ring (bicyclic) bond motifs is 1. The quantitative estimate of drug-likeness (QED) is 0.845. The molecule has 1 fully saturated rings. The molecule has 3 rings (SSSR count). The Bertz CT molecular complexity index is 617. The summed E-state index contributed by atoms with van der Waals surface area (Å²) in [5.41, 5.74) is 2.57. The number of carbonyl (C=O) groups is 1. The fourth-order valence-corrected chi connectivity index (χ4v) is 4.20. The van der Waals surface area contributed by atoms with Crippen molar-refractivity contribution in [2.75, 3.05) is 27.3 Å². The fourth-order valence-electron chi connectivity index (χ4n) is 4.20. The first-order valence-electron chi connectivity index (χ1n) is 9.47. The SMILES string of the molecule is COc1cc2c(cc1OC)C[NH+](CC(=O)N[C@@H]1CCCC[C@@H]1C)CC2. The van der Waals surface area contributed by atoms with E-state index in [1.54, 1.807) is 14.2 Å². The molecule has 2 N–H and O–H groups in total. The second-order valence-electron chi connectivity index (χ2n) is 7.52. The molecule has 1 aromatic carbocycles. The molecule has 1 saturated carbocycles. The van der Waals surface area contributed by atoms with E-state index in [1.807, 2.05) is 0 Å². The number of amides is 1. The van der Waals surface area contributed by atoms with E-state index < -0.39 is 0 Å². The minimum atomic E-state index is 0.192. The molecule has 1 aliphatic heterocycles. The summed E-state index contributed by atoms with van der Waals surface area (Å²) in [6.07, 6.45) is 5.87. The highest BCUT2D eigenvalue weighted by atomic mass is 16.5. The number of benzene rings is 1. The maximum absolute atomic E-state index is 12.5. The van der Waals surface area contributed by atoms with Crippen molar-refractivity contribution in [1.82, 2.24) is 5.32 Å². The molecule has 3 atom stereocenters. The average Bonchev–Trinajstić information content (AvgIpc) is 2.62. The van der Waals surface area contributed by atoms with E-state index in [-0.39, 0.29) is 5.91 Å². The Morgan fingerprint density at radius 2 is 1.84 bits per heavy atom. The highest BCUT2D eigenvalue weighted by Gasteiger charge is 2.27. The maximum Gasteiger partial charge on any atom is 0.275 e. The zero-order chi connectivity index (χ0) is 17.8. The van der Waals surface area contributed by atoms with Crippen molar-refractivity contribution in [2.45, 2.75) is 51.6 Å². The van der Waals surface area contributed by atoms with Gasteiger partial charge in [-0.25, -0.2) is 0 Å². The molecular weight excluding hydrogens is 316 g/mol. The normalized spacial score (nSPS) is 25.8. The third kappa shape index (κ3) is 4.27. The minimum Gasteiger partial charge on any atom is -0.493 e. The van der Waals surface area contributed by atoms with Crippen LogP contribution in [-0.4, -0.2) is 39.3 Å². The maximum atomic E-state index is 12.5. The summed E-state index contributed by atoms with van der Waals surface area (Å²) in [5, 5.41) is 3.28. The summed E-state index contributed by atoms with van der Waals surface area (Å²) in [6.45, 7) is 4.66. The molecule has 1 aliphatic carbocycles. The molecule has 1 heterocycles. The van der Waals surface area contributed by atoms with E-state index in [9.17, 15) is 4.79 Å². The van der Waals surface area contributed by atoms with E-state index in [4.69, 9.17) is 9.47 Å². The lowest BCUT2D eigenvalue weighted by atomic mass is 9.86. The molecule has 1 amide bonds. The lowest BCUT2D eigenvalue weighted by Gasteiger charge is -2.31. The number of hydrogen-bond acceptors (Lipinski definition) is 3. The van der Waals surface area contributed by atoms with Gasteiger partial charge in [-0.2, -0.15) is 0 Å². The molecule has 0 radical (unpaired) electrons. The molecule has 0 aromatic heterocycles. The monoisotopic (exact) mass is 347 g/mol. The summed E-state index contributed by atoms with van der Waals surface area (Å²) in [6, 6.07) is 4.51. The first kappa shape index (κ1) is 18.1. The molecule has 2 aliphatic rings. The van der Waals surface area contributed by atoms with Crippen LogP contribution in [0.15, 0.2) is 12.1 Å². The van der Waals surface area contributed by atoms with Crippen LogP contribution in [0.5, 0.6) is 11.5 Å². The molecule has 138 valence electrons. The minimum absolute atomic E-state index is 0.192. The van der Waals surface area contributed by atoms with Gasteiger partial charge in [-0.05, 0) is 36.5 Å². The van der Waals surface area contributed by atoms with Gasteiger partial charge in [-0.3, -0.25) is 4.79 Å². The second kappa shape index (κ2) is 8.09. The first-order chi connectivity index (χ1) is 12.1. The Balaban J connectivity index is 1.59. The van der Waals surface area contributed by atoms with Crippen molar-refractivity contribution in [3.63, 3.8) is 0 Å². The van der Waals surface area contributed by atoms with Crippen LogP contribution in [0.25, 0.3) is 0 Å². The van der Waals surface area contributed by atoms with Gasteiger partial charge in [-0.1, -0.05) is 19.8 Å². The predicted molar refractivity (Wildman–Crippen MR) is 97.2 cm³/mol. The topological polar surface area (TPSA) is 52.0 Å². The largest absolute Gasteiger partial charge is 0.493 e. The summed E-state index contributed by atoms with van der Waals surface area (Å²) >= 11 is 0. The number of nitrogens with one attached hydrogen (secondary N) is 2. The van der Waals surface area contributed by atoms with Gasteiger partial charge in [0.15, 0.2) is 18.0 Å². The van der Waals surface area contributed by atoms with Crippen LogP contribution in [0.1, 0.15) is 43.7 Å². The van der Waals surface area contributed by atoms with Crippen molar-refractivity contribution in [1.29, 1.82) is 0 Å². The van der Waals surface area contributed by atoms with Crippen molar-refractivity contribution < 1.29 is 19.2 Å². The molecular formula is C20H31N2O3+. The summed E-state index contributed by atoms with van der Waals surface area (Å²) in [5.74, 6) is 2.35. The molecule has 0 saturated heterocycles. The van der Waals surface area contributed by atoms with E-state index in [1.165, 1.54) is 35.3 Å². The van der Waals surface area contributed by atoms with Crippen LogP contribution in [0, 0.1) is 5.92 Å². The van der Waals surface area contributed by atoms with Gasteiger partial charge < -0.3 is 19.7 Å². The van der Waals surface area contributed by atoms with Crippen LogP contribution >= 0.6 is 0 Å². The van der Waals surface area contributed by atoms with E-state index >= 15 is 0 Å². The Labute approximate surface area is 150 Å². The third-order valence-electron chi connectivity index (χ3n) is 5.76. The first-order valence-corrected chi connectivity index (χ1v) is 9.47. The lowest BCUT2D eigenvalue weighted by molar-refractivity contribution is -0.908. The summed E-state index contributed by atoms with van der Waals surface area (Å²) in [4.78, 5) is 13.8. The van der Waals surface area contributed by atoms with E-state index in [0.717, 1.165) is 37.4 Å². The molecule has 0 spiro atoms. The van der Waals surface area contributed by atoms with Crippen molar-refractivity contribution in [2.24, 2.45) is 5.92 Å². The number of rotatable bonds is 5. The Morgan fingerprint density at radius 3 is 2.52 bits per heavy atom. The van der Waals surface area contributed by atoms with Gasteiger partial charge in [0.25, 0.3) is 5.91 Å². The Kier molecular flexibility index (Phi) is 5.84. The highest BCUT2D eigenvalue weighted by molar-refractivity contribution is 5.77. The van der Waals surface area contributed by atoms with Gasteiger partial charge in [0.1, 0.15) is 6.54 Å². The molecule has 1 unspecified atom stereocenters. The van der Waals surface area contributed by atoms with E-state index in [0.29, 0.717) is 18.5 Å². The van der Waals surface area contributed by atoms with Crippen LogP contribution in [-0.2, 0) is 17.8 Å². The van der Waals surface area contributed by atoms with Gasteiger partial charge in [0.05, 0.1) is 20.8 Å². The number of carbonyl (C=O) groups excluding carboxylic acids is 1. The number of hydrogen-bond donors (Lipinski definition) is 2. The smallest absolute Gasteiger partial charge is 0.275 e. The predicted octanol–water partition coefficient (Wildman–Crippen LogP) is 1.34. The Morgan fingerprint density at radius 1 is 1.16 bits per heavy atom. The Hall–Kier alpha value is -1.75. The van der Waals surface area contributed by atoms with Crippen molar-refractivity contribution in [3.8, 4) is 11.5 Å². The number of ether oxygens (including phenoxy) is 2. The fraction of sp³-hybridized carbons (Fsp3) is 0.650. The van der Waals surface area contributed by atoms with Crippen molar-refractivity contribution >= 4 is 5.91 Å². The van der Waals surface area contributed by atoms with Crippen molar-refractivity contribution in [3.05, 3.63) is 23.3 Å². The zero-order valence-electron chi connectivity index (χ0n) is 15.7. The molecule has 25 heavy (non-hydrogen) atoms. The number of quaternary nitrogens is 1. The zero-order valence-corrected chi connectivity index (χ0v) is 15.7. The molecule has 0 bridgehead atoms. The highest BCUT2D eigenvalue weighted by Crippen LogP contribution is 2.31. The lowest BCUT2D eigenvalue weighted by Crippen LogP contribution is -3.13.